The van der Waals surface area contributed by atoms with Crippen molar-refractivity contribution in [1.29, 1.82) is 0 Å². The highest BCUT2D eigenvalue weighted by Gasteiger charge is 2.17. The lowest BCUT2D eigenvalue weighted by molar-refractivity contribution is -0.121. The van der Waals surface area contributed by atoms with E-state index in [1.807, 2.05) is 19.1 Å². The van der Waals surface area contributed by atoms with Gasteiger partial charge >= 0.3 is 0 Å². The summed E-state index contributed by atoms with van der Waals surface area (Å²) in [6.07, 6.45) is 2.02. The molecule has 0 bridgehead atoms. The molecule has 1 saturated heterocycles. The van der Waals surface area contributed by atoms with E-state index in [1.165, 1.54) is 16.8 Å². The van der Waals surface area contributed by atoms with Crippen molar-refractivity contribution in [3.05, 3.63) is 71.1 Å². The molecule has 0 unspecified atom stereocenters. The van der Waals surface area contributed by atoms with E-state index in [4.69, 9.17) is 4.42 Å². The summed E-state index contributed by atoms with van der Waals surface area (Å²) in [7, 11) is 0. The molecule has 34 heavy (non-hydrogen) atoms. The molecule has 0 radical (unpaired) electrons. The smallest absolute Gasteiger partial charge is 0.226 e. The van der Waals surface area contributed by atoms with Crippen LogP contribution in [0.25, 0.3) is 11.5 Å². The van der Waals surface area contributed by atoms with Crippen molar-refractivity contribution in [3.8, 4) is 11.5 Å². The first-order valence-electron chi connectivity index (χ1n) is 12.3. The molecule has 4 rings (SSSR count). The van der Waals surface area contributed by atoms with E-state index in [0.717, 1.165) is 62.6 Å². The average molecular weight is 461 g/mol. The molecule has 1 amide bonds. The molecule has 3 aromatic rings. The molecule has 0 aliphatic carbocycles. The van der Waals surface area contributed by atoms with E-state index in [2.05, 4.69) is 70.3 Å². The van der Waals surface area contributed by atoms with Gasteiger partial charge in [0, 0.05) is 56.9 Å². The van der Waals surface area contributed by atoms with Crippen molar-refractivity contribution in [1.82, 2.24) is 15.2 Å². The van der Waals surface area contributed by atoms with Crippen LogP contribution in [0.1, 0.15) is 35.4 Å². The first-order chi connectivity index (χ1) is 16.5. The molecule has 1 fully saturated rings. The lowest BCUT2D eigenvalue weighted by atomic mass is 10.1. The van der Waals surface area contributed by atoms with Crippen LogP contribution in [0.4, 0.5) is 5.69 Å². The summed E-state index contributed by atoms with van der Waals surface area (Å²) in [5.41, 5.74) is 5.72. The molecule has 1 N–H and O–H groups in total. The first kappa shape index (κ1) is 24.0. The Labute approximate surface area is 203 Å². The molecule has 0 atom stereocenters. The largest absolute Gasteiger partial charge is 0.441 e. The molecule has 6 nitrogen and oxygen atoms in total. The van der Waals surface area contributed by atoms with Gasteiger partial charge in [-0.15, -0.1) is 0 Å². The van der Waals surface area contributed by atoms with Gasteiger partial charge in [0.2, 0.25) is 11.8 Å². The molecule has 1 aliphatic heterocycles. The van der Waals surface area contributed by atoms with Crippen molar-refractivity contribution in [3.63, 3.8) is 0 Å². The van der Waals surface area contributed by atoms with E-state index < -0.39 is 0 Å². The van der Waals surface area contributed by atoms with Crippen LogP contribution in [0.5, 0.6) is 0 Å². The zero-order valence-electron chi connectivity index (χ0n) is 20.6. The Balaban J connectivity index is 1.13. The number of aromatic nitrogens is 1. The van der Waals surface area contributed by atoms with Crippen LogP contribution in [0.2, 0.25) is 0 Å². The maximum atomic E-state index is 12.3. The third kappa shape index (κ3) is 6.48. The summed E-state index contributed by atoms with van der Waals surface area (Å²) < 4.78 is 5.87. The number of aryl methyl sites for hydroxylation is 4. The quantitative estimate of drug-likeness (QED) is 0.508. The average Bonchev–Trinajstić information content (AvgIpc) is 3.20. The SMILES string of the molecule is Cc1cccc(-c2nc(CCCC(=O)NCCN3CCN(c4cccc(C)c4)CC3)c(C)o2)c1. The predicted molar refractivity (Wildman–Crippen MR) is 137 cm³/mol. The zero-order chi connectivity index (χ0) is 23.9. The highest BCUT2D eigenvalue weighted by atomic mass is 16.4. The summed E-state index contributed by atoms with van der Waals surface area (Å²) in [5.74, 6) is 1.60. The van der Waals surface area contributed by atoms with Gasteiger partial charge in [0.05, 0.1) is 5.69 Å². The van der Waals surface area contributed by atoms with Gasteiger partial charge in [-0.3, -0.25) is 9.69 Å². The Morgan fingerprint density at radius 3 is 2.47 bits per heavy atom. The minimum Gasteiger partial charge on any atom is -0.441 e. The number of anilines is 1. The monoisotopic (exact) mass is 460 g/mol. The van der Waals surface area contributed by atoms with Gasteiger partial charge in [-0.05, 0) is 63.4 Å². The lowest BCUT2D eigenvalue weighted by Gasteiger charge is -2.36. The molecule has 2 heterocycles. The lowest BCUT2D eigenvalue weighted by Crippen LogP contribution is -2.48. The Morgan fingerprint density at radius 1 is 1.00 bits per heavy atom. The number of hydrogen-bond donors (Lipinski definition) is 1. The maximum absolute atomic E-state index is 12.3. The number of carbonyl (C=O) groups excluding carboxylic acids is 1. The van der Waals surface area contributed by atoms with E-state index >= 15 is 0 Å². The Kier molecular flexibility index (Phi) is 8.01. The second kappa shape index (κ2) is 11.3. The van der Waals surface area contributed by atoms with E-state index in [-0.39, 0.29) is 5.91 Å². The molecular weight excluding hydrogens is 424 g/mol. The molecular formula is C28H36N4O2. The van der Waals surface area contributed by atoms with E-state index in [1.54, 1.807) is 0 Å². The van der Waals surface area contributed by atoms with Gasteiger partial charge < -0.3 is 14.6 Å². The number of carbonyl (C=O) groups is 1. The zero-order valence-corrected chi connectivity index (χ0v) is 20.6. The highest BCUT2D eigenvalue weighted by Crippen LogP contribution is 2.23. The number of amides is 1. The van der Waals surface area contributed by atoms with Crippen LogP contribution in [-0.4, -0.2) is 55.1 Å². The normalized spacial score (nSPS) is 14.4. The van der Waals surface area contributed by atoms with Gasteiger partial charge in [0.15, 0.2) is 0 Å². The van der Waals surface area contributed by atoms with Crippen LogP contribution in [0.15, 0.2) is 52.9 Å². The van der Waals surface area contributed by atoms with Gasteiger partial charge in [-0.25, -0.2) is 4.98 Å². The second-order valence-corrected chi connectivity index (χ2v) is 9.26. The molecule has 1 aliphatic rings. The highest BCUT2D eigenvalue weighted by molar-refractivity contribution is 5.75. The fourth-order valence-corrected chi connectivity index (χ4v) is 4.47. The van der Waals surface area contributed by atoms with Gasteiger partial charge in [0.25, 0.3) is 0 Å². The van der Waals surface area contributed by atoms with Crippen molar-refractivity contribution in [2.75, 3.05) is 44.2 Å². The number of oxazole rings is 1. The van der Waals surface area contributed by atoms with Gasteiger partial charge in [-0.2, -0.15) is 0 Å². The molecule has 0 saturated carbocycles. The number of piperazine rings is 1. The third-order valence-corrected chi connectivity index (χ3v) is 6.46. The number of benzene rings is 2. The summed E-state index contributed by atoms with van der Waals surface area (Å²) >= 11 is 0. The Bertz CT molecular complexity index is 1100. The minimum absolute atomic E-state index is 0.110. The molecule has 6 heteroatoms. The predicted octanol–water partition coefficient (Wildman–Crippen LogP) is 4.53. The van der Waals surface area contributed by atoms with Crippen LogP contribution >= 0.6 is 0 Å². The van der Waals surface area contributed by atoms with Crippen molar-refractivity contribution in [2.45, 2.75) is 40.0 Å². The summed E-state index contributed by atoms with van der Waals surface area (Å²) in [6, 6.07) is 16.9. The van der Waals surface area contributed by atoms with E-state index in [9.17, 15) is 4.79 Å². The van der Waals surface area contributed by atoms with E-state index in [0.29, 0.717) is 18.9 Å². The fourth-order valence-electron chi connectivity index (χ4n) is 4.47. The molecule has 0 spiro atoms. The van der Waals surface area contributed by atoms with Crippen LogP contribution < -0.4 is 10.2 Å². The maximum Gasteiger partial charge on any atom is 0.226 e. The van der Waals surface area contributed by atoms with Crippen LogP contribution in [0, 0.1) is 20.8 Å². The Hall–Kier alpha value is -3.12. The van der Waals surface area contributed by atoms with Gasteiger partial charge in [-0.1, -0.05) is 29.8 Å². The van der Waals surface area contributed by atoms with Crippen molar-refractivity contribution in [2.24, 2.45) is 0 Å². The molecule has 2 aromatic carbocycles. The van der Waals surface area contributed by atoms with Crippen molar-refractivity contribution < 1.29 is 9.21 Å². The number of hydrogen-bond acceptors (Lipinski definition) is 5. The molecule has 1 aromatic heterocycles. The summed E-state index contributed by atoms with van der Waals surface area (Å²) in [4.78, 5) is 21.8. The molecule has 180 valence electrons. The number of nitrogens with zero attached hydrogens (tertiary/aromatic N) is 3. The first-order valence-corrected chi connectivity index (χ1v) is 12.3. The third-order valence-electron chi connectivity index (χ3n) is 6.46. The van der Waals surface area contributed by atoms with Crippen LogP contribution in [0.3, 0.4) is 0 Å². The van der Waals surface area contributed by atoms with Crippen molar-refractivity contribution >= 4 is 11.6 Å². The summed E-state index contributed by atoms with van der Waals surface area (Å²) in [5, 5.41) is 3.08. The minimum atomic E-state index is 0.110. The van der Waals surface area contributed by atoms with Gasteiger partial charge in [0.1, 0.15) is 5.76 Å². The summed E-state index contributed by atoms with van der Waals surface area (Å²) in [6.45, 7) is 11.8. The number of rotatable bonds is 9. The fraction of sp³-hybridized carbons (Fsp3) is 0.429. The standard InChI is InChI=1S/C28H36N4O2/c1-21-7-4-9-24(19-21)28-30-26(23(3)34-28)11-6-12-27(33)29-13-14-31-15-17-32(18-16-31)25-10-5-8-22(2)20-25/h4-5,7-10,19-20H,6,11-18H2,1-3H3,(H,29,33). The Morgan fingerprint density at radius 2 is 1.74 bits per heavy atom. The number of nitrogens with one attached hydrogen (secondary N) is 1. The second-order valence-electron chi connectivity index (χ2n) is 9.26. The topological polar surface area (TPSA) is 61.6 Å². The van der Waals surface area contributed by atoms with Crippen LogP contribution in [-0.2, 0) is 11.2 Å².